The van der Waals surface area contributed by atoms with Crippen LogP contribution in [0.3, 0.4) is 0 Å². The molecule has 1 aromatic carbocycles. The summed E-state index contributed by atoms with van der Waals surface area (Å²) in [6.07, 6.45) is 5.77. The lowest BCUT2D eigenvalue weighted by atomic mass is 9.87. The zero-order valence-corrected chi connectivity index (χ0v) is 15.7. The van der Waals surface area contributed by atoms with Crippen LogP contribution in [0, 0.1) is 0 Å². The van der Waals surface area contributed by atoms with Crippen molar-refractivity contribution in [1.29, 1.82) is 0 Å². The lowest BCUT2D eigenvalue weighted by molar-refractivity contribution is 0.0795. The van der Waals surface area contributed by atoms with E-state index in [1.807, 2.05) is 0 Å². The minimum atomic E-state index is 0.702. The van der Waals surface area contributed by atoms with Crippen molar-refractivity contribution in [2.24, 2.45) is 0 Å². The van der Waals surface area contributed by atoms with E-state index in [1.165, 1.54) is 19.3 Å². The third kappa shape index (κ3) is 4.07. The molecule has 0 N–H and O–H groups in total. The molecule has 1 aliphatic carbocycles. The molecule has 0 saturated carbocycles. The van der Waals surface area contributed by atoms with Gasteiger partial charge in [-0.15, -0.1) is 0 Å². The van der Waals surface area contributed by atoms with E-state index in [9.17, 15) is 0 Å². The number of piperazine rings is 1. The molecular weight excluding hydrogens is 332 g/mol. The molecule has 134 valence electrons. The molecule has 1 aliphatic heterocycles. The molecule has 0 spiro atoms. The van der Waals surface area contributed by atoms with Crippen LogP contribution in [0.15, 0.2) is 28.8 Å². The predicted molar refractivity (Wildman–Crippen MR) is 101 cm³/mol. The maximum atomic E-state index is 5.37. The van der Waals surface area contributed by atoms with Crippen LogP contribution in [0.4, 0.5) is 0 Å². The fourth-order valence-corrected chi connectivity index (χ4v) is 4.39. The standard InChI is InChI=1S/C19H26N4OS/c1-25-14-18-20-19(24-21-18)13-22-8-10-23(11-9-22)17-7-6-15-4-2-3-5-16(15)12-17/h2-5,17H,6-14H2,1H3. The summed E-state index contributed by atoms with van der Waals surface area (Å²) in [5, 5.41) is 4.04. The SMILES string of the molecule is CSCc1noc(CN2CCN(C3CCc4ccccc4C3)CC2)n1. The number of benzene rings is 1. The van der Waals surface area contributed by atoms with Crippen LogP contribution in [0.25, 0.3) is 0 Å². The summed E-state index contributed by atoms with van der Waals surface area (Å²) >= 11 is 1.72. The molecule has 1 saturated heterocycles. The lowest BCUT2D eigenvalue weighted by Crippen LogP contribution is -2.51. The minimum Gasteiger partial charge on any atom is -0.338 e. The van der Waals surface area contributed by atoms with Crippen molar-refractivity contribution in [3.05, 3.63) is 47.1 Å². The van der Waals surface area contributed by atoms with E-state index in [1.54, 1.807) is 22.9 Å². The smallest absolute Gasteiger partial charge is 0.240 e. The van der Waals surface area contributed by atoms with Crippen LogP contribution in [0.5, 0.6) is 0 Å². The Bertz CT molecular complexity index is 696. The van der Waals surface area contributed by atoms with Gasteiger partial charge in [0, 0.05) is 32.2 Å². The molecule has 25 heavy (non-hydrogen) atoms. The number of aromatic nitrogens is 2. The number of rotatable bonds is 5. The van der Waals surface area contributed by atoms with Crippen molar-refractivity contribution in [3.8, 4) is 0 Å². The number of hydrogen-bond acceptors (Lipinski definition) is 6. The largest absolute Gasteiger partial charge is 0.338 e. The summed E-state index contributed by atoms with van der Waals surface area (Å²) < 4.78 is 5.37. The monoisotopic (exact) mass is 358 g/mol. The molecule has 6 heteroatoms. The first-order valence-electron chi connectivity index (χ1n) is 9.15. The second-order valence-electron chi connectivity index (χ2n) is 7.01. The number of thioether (sulfide) groups is 1. The van der Waals surface area contributed by atoms with Crippen molar-refractivity contribution in [2.45, 2.75) is 37.6 Å². The average Bonchev–Trinajstić information content (AvgIpc) is 3.09. The summed E-state index contributed by atoms with van der Waals surface area (Å²) in [5.41, 5.74) is 3.10. The molecule has 5 nitrogen and oxygen atoms in total. The first kappa shape index (κ1) is 17.1. The number of nitrogens with zero attached hydrogens (tertiary/aromatic N) is 4. The van der Waals surface area contributed by atoms with Gasteiger partial charge in [0.2, 0.25) is 5.89 Å². The molecule has 1 aromatic heterocycles. The lowest BCUT2D eigenvalue weighted by Gasteiger charge is -2.40. The van der Waals surface area contributed by atoms with Crippen molar-refractivity contribution in [3.63, 3.8) is 0 Å². The van der Waals surface area contributed by atoms with E-state index in [-0.39, 0.29) is 0 Å². The first-order chi connectivity index (χ1) is 12.3. The topological polar surface area (TPSA) is 45.4 Å². The highest BCUT2D eigenvalue weighted by Crippen LogP contribution is 2.25. The van der Waals surface area contributed by atoms with Gasteiger partial charge in [-0.25, -0.2) is 0 Å². The van der Waals surface area contributed by atoms with Gasteiger partial charge in [0.05, 0.1) is 12.3 Å². The Morgan fingerprint density at radius 1 is 1.16 bits per heavy atom. The van der Waals surface area contributed by atoms with Gasteiger partial charge in [0.25, 0.3) is 0 Å². The molecule has 1 atom stereocenters. The van der Waals surface area contributed by atoms with Crippen LogP contribution in [0.1, 0.15) is 29.3 Å². The minimum absolute atomic E-state index is 0.702. The van der Waals surface area contributed by atoms with Crippen LogP contribution in [0.2, 0.25) is 0 Å². The predicted octanol–water partition coefficient (Wildman–Crippen LogP) is 2.61. The molecule has 2 aliphatic rings. The van der Waals surface area contributed by atoms with E-state index in [2.05, 4.69) is 50.5 Å². The Labute approximate surface area is 153 Å². The Hall–Kier alpha value is -1.37. The second-order valence-corrected chi connectivity index (χ2v) is 7.88. The van der Waals surface area contributed by atoms with Gasteiger partial charge in [-0.3, -0.25) is 9.80 Å². The molecule has 2 aromatic rings. The molecule has 2 heterocycles. The van der Waals surface area contributed by atoms with E-state index >= 15 is 0 Å². The third-order valence-electron chi connectivity index (χ3n) is 5.39. The Balaban J connectivity index is 1.28. The van der Waals surface area contributed by atoms with Gasteiger partial charge in [0.1, 0.15) is 0 Å². The van der Waals surface area contributed by atoms with Crippen molar-refractivity contribution in [2.75, 3.05) is 32.4 Å². The van der Waals surface area contributed by atoms with Crippen LogP contribution in [-0.2, 0) is 25.1 Å². The number of aryl methyl sites for hydroxylation is 1. The third-order valence-corrected chi connectivity index (χ3v) is 5.93. The molecule has 4 rings (SSSR count). The quantitative estimate of drug-likeness (QED) is 0.819. The summed E-state index contributed by atoms with van der Waals surface area (Å²) in [7, 11) is 0. The van der Waals surface area contributed by atoms with Gasteiger partial charge in [-0.05, 0) is 36.6 Å². The summed E-state index contributed by atoms with van der Waals surface area (Å²) in [6, 6.07) is 9.64. The maximum absolute atomic E-state index is 5.37. The highest BCUT2D eigenvalue weighted by atomic mass is 32.2. The normalized spacial score (nSPS) is 22.0. The fourth-order valence-electron chi connectivity index (χ4n) is 4.01. The maximum Gasteiger partial charge on any atom is 0.240 e. The van der Waals surface area contributed by atoms with Crippen LogP contribution in [-0.4, -0.2) is 58.4 Å². The van der Waals surface area contributed by atoms with Gasteiger partial charge < -0.3 is 4.52 Å². The summed E-state index contributed by atoms with van der Waals surface area (Å²) in [5.74, 6) is 2.38. The number of fused-ring (bicyclic) bond motifs is 1. The molecule has 0 radical (unpaired) electrons. The average molecular weight is 359 g/mol. The van der Waals surface area contributed by atoms with Gasteiger partial charge in [-0.1, -0.05) is 29.4 Å². The Morgan fingerprint density at radius 2 is 1.96 bits per heavy atom. The highest BCUT2D eigenvalue weighted by Gasteiger charge is 2.27. The van der Waals surface area contributed by atoms with E-state index in [4.69, 9.17) is 4.52 Å². The molecular formula is C19H26N4OS. The van der Waals surface area contributed by atoms with Gasteiger partial charge >= 0.3 is 0 Å². The van der Waals surface area contributed by atoms with Crippen LogP contribution < -0.4 is 0 Å². The zero-order valence-electron chi connectivity index (χ0n) is 14.9. The van der Waals surface area contributed by atoms with Crippen molar-refractivity contribution in [1.82, 2.24) is 19.9 Å². The van der Waals surface area contributed by atoms with Crippen molar-refractivity contribution >= 4 is 11.8 Å². The molecule has 0 amide bonds. The van der Waals surface area contributed by atoms with E-state index in [0.29, 0.717) is 6.04 Å². The molecule has 1 unspecified atom stereocenters. The van der Waals surface area contributed by atoms with E-state index in [0.717, 1.165) is 50.2 Å². The zero-order chi connectivity index (χ0) is 17.1. The first-order valence-corrected chi connectivity index (χ1v) is 10.5. The summed E-state index contributed by atoms with van der Waals surface area (Å²) in [6.45, 7) is 5.22. The molecule has 0 bridgehead atoms. The van der Waals surface area contributed by atoms with Crippen LogP contribution >= 0.6 is 11.8 Å². The van der Waals surface area contributed by atoms with E-state index < -0.39 is 0 Å². The highest BCUT2D eigenvalue weighted by molar-refractivity contribution is 7.97. The number of hydrogen-bond donors (Lipinski definition) is 0. The van der Waals surface area contributed by atoms with Gasteiger partial charge in [0.15, 0.2) is 5.82 Å². The van der Waals surface area contributed by atoms with Gasteiger partial charge in [-0.2, -0.15) is 16.7 Å². The summed E-state index contributed by atoms with van der Waals surface area (Å²) in [4.78, 5) is 9.59. The molecule has 1 fully saturated rings. The van der Waals surface area contributed by atoms with Crippen molar-refractivity contribution < 1.29 is 4.52 Å². The Morgan fingerprint density at radius 3 is 2.76 bits per heavy atom. The Kier molecular flexibility index (Phi) is 5.39. The fraction of sp³-hybridized carbons (Fsp3) is 0.579. The second kappa shape index (κ2) is 7.89.